The van der Waals surface area contributed by atoms with Gasteiger partial charge in [0, 0.05) is 0 Å². The molecule has 0 saturated carbocycles. The normalized spacial score (nSPS) is 21.8. The molecule has 0 aromatic heterocycles. The summed E-state index contributed by atoms with van der Waals surface area (Å²) in [6.07, 6.45) is 3.13. The van der Waals surface area contributed by atoms with Crippen molar-refractivity contribution in [1.82, 2.24) is 0 Å². The van der Waals surface area contributed by atoms with Crippen LogP contribution in [0, 0.1) is 0 Å². The van der Waals surface area contributed by atoms with Gasteiger partial charge in [0.05, 0.1) is 0 Å². The summed E-state index contributed by atoms with van der Waals surface area (Å²) in [5.74, 6) is 0. The molecule has 4 nitrogen and oxygen atoms in total. The summed E-state index contributed by atoms with van der Waals surface area (Å²) >= 11 is 0. The van der Waals surface area contributed by atoms with Crippen LogP contribution in [0.15, 0.2) is 22.9 Å². The van der Waals surface area contributed by atoms with E-state index in [-0.39, 0.29) is 0 Å². The molecule has 58 valence electrons. The van der Waals surface area contributed by atoms with Crippen molar-refractivity contribution >= 4 is 22.5 Å². The first-order valence-electron chi connectivity index (χ1n) is 3.23. The van der Waals surface area contributed by atoms with Gasteiger partial charge in [-0.25, -0.2) is 0 Å². The van der Waals surface area contributed by atoms with E-state index in [1.165, 1.54) is 6.08 Å². The van der Waals surface area contributed by atoms with E-state index in [1.54, 1.807) is 11.8 Å². The Kier molecular flexibility index (Phi) is 2.69. The van der Waals surface area contributed by atoms with Crippen molar-refractivity contribution in [1.29, 1.82) is 0 Å². The highest BCUT2D eigenvalue weighted by Gasteiger charge is 2.34. The minimum atomic E-state index is -2.04. The van der Waals surface area contributed by atoms with Crippen molar-refractivity contribution in [3.05, 3.63) is 22.9 Å². The van der Waals surface area contributed by atoms with E-state index in [4.69, 9.17) is 20.1 Å². The van der Waals surface area contributed by atoms with E-state index >= 15 is 0 Å². The molecule has 0 spiro atoms. The summed E-state index contributed by atoms with van der Waals surface area (Å²) in [5.41, 5.74) is 1.64. The van der Waals surface area contributed by atoms with Gasteiger partial charge >= 0.3 is 13.8 Å². The standard InChI is InChI=1S/C4H8B2O4Si/c7-5(8)4-2-1-3-11(4)6(9)10/h1-3,7-11H. The minimum Gasteiger partial charge on any atom is -0.430 e. The highest BCUT2D eigenvalue weighted by Crippen LogP contribution is 2.11. The van der Waals surface area contributed by atoms with E-state index in [0.29, 0.717) is 5.10 Å². The maximum absolute atomic E-state index is 8.77. The van der Waals surface area contributed by atoms with Gasteiger partial charge in [0.25, 0.3) is 0 Å². The lowest BCUT2D eigenvalue weighted by molar-refractivity contribution is 0.419. The van der Waals surface area contributed by atoms with Crippen LogP contribution in [-0.4, -0.2) is 42.6 Å². The second-order valence-electron chi connectivity index (χ2n) is 2.36. The molecule has 0 aromatic rings. The van der Waals surface area contributed by atoms with Crippen LogP contribution < -0.4 is 0 Å². The molecule has 1 rings (SSSR count). The predicted octanol–water partition coefficient (Wildman–Crippen LogP) is -2.65. The smallest absolute Gasteiger partial charge is 0.430 e. The summed E-state index contributed by atoms with van der Waals surface area (Å²) in [7, 11) is -3.59. The Labute approximate surface area is 66.3 Å². The Bertz CT molecular complexity index is 202. The molecule has 1 aliphatic heterocycles. The van der Waals surface area contributed by atoms with Crippen LogP contribution in [0.4, 0.5) is 0 Å². The molecule has 1 aliphatic rings. The van der Waals surface area contributed by atoms with Crippen molar-refractivity contribution in [3.63, 3.8) is 0 Å². The summed E-state index contributed by atoms with van der Waals surface area (Å²) in [5, 5.41) is 35.4. The van der Waals surface area contributed by atoms with Crippen LogP contribution in [0.3, 0.4) is 0 Å². The summed E-state index contributed by atoms with van der Waals surface area (Å²) in [6.45, 7) is -1.43. The fraction of sp³-hybridized carbons (Fsp3) is 0. The highest BCUT2D eigenvalue weighted by molar-refractivity contribution is 7.25. The Balaban J connectivity index is 2.69. The van der Waals surface area contributed by atoms with Gasteiger partial charge in [0.1, 0.15) is 8.67 Å². The SMILES string of the molecule is OB(O)C1=CC=C[SiH]1B(O)O. The van der Waals surface area contributed by atoms with Gasteiger partial charge in [-0.1, -0.05) is 22.9 Å². The van der Waals surface area contributed by atoms with E-state index in [1.807, 2.05) is 0 Å². The quantitative estimate of drug-likeness (QED) is 0.341. The van der Waals surface area contributed by atoms with Crippen LogP contribution in [-0.2, 0) is 0 Å². The Morgan fingerprint density at radius 3 is 2.18 bits per heavy atom. The number of hydrogen-bond acceptors (Lipinski definition) is 4. The molecule has 0 fully saturated rings. The van der Waals surface area contributed by atoms with E-state index in [2.05, 4.69) is 0 Å². The van der Waals surface area contributed by atoms with Gasteiger partial charge in [-0.2, -0.15) is 0 Å². The fourth-order valence-electron chi connectivity index (χ4n) is 1.04. The lowest BCUT2D eigenvalue weighted by Crippen LogP contribution is -2.40. The highest BCUT2D eigenvalue weighted by atomic mass is 28.3. The summed E-state index contributed by atoms with van der Waals surface area (Å²) in [4.78, 5) is 0. The molecule has 0 aromatic carbocycles. The van der Waals surface area contributed by atoms with Crippen LogP contribution in [0.25, 0.3) is 0 Å². The first kappa shape index (κ1) is 8.76. The van der Waals surface area contributed by atoms with Crippen LogP contribution in [0.5, 0.6) is 0 Å². The number of allylic oxidation sites excluding steroid dienone is 2. The third kappa shape index (κ3) is 1.82. The van der Waals surface area contributed by atoms with Crippen LogP contribution >= 0.6 is 0 Å². The lowest BCUT2D eigenvalue weighted by Gasteiger charge is -2.08. The first-order valence-corrected chi connectivity index (χ1v) is 5.14. The molecule has 0 aliphatic carbocycles. The Morgan fingerprint density at radius 1 is 1.18 bits per heavy atom. The topological polar surface area (TPSA) is 80.9 Å². The average molecular weight is 170 g/mol. The molecule has 0 saturated heterocycles. The van der Waals surface area contributed by atoms with Gasteiger partial charge < -0.3 is 20.1 Å². The molecule has 1 atom stereocenters. The largest absolute Gasteiger partial charge is 0.479 e. The molecule has 1 heterocycles. The molecule has 11 heavy (non-hydrogen) atoms. The van der Waals surface area contributed by atoms with Crippen LogP contribution in [0.2, 0.25) is 0 Å². The minimum absolute atomic E-state index is 0.347. The van der Waals surface area contributed by atoms with Crippen molar-refractivity contribution in [3.8, 4) is 0 Å². The molecule has 4 N–H and O–H groups in total. The first-order chi connectivity index (χ1) is 5.13. The number of hydrogen-bond donors (Lipinski definition) is 4. The zero-order chi connectivity index (χ0) is 8.43. The maximum Gasteiger partial charge on any atom is 0.479 e. The van der Waals surface area contributed by atoms with Crippen molar-refractivity contribution in [2.45, 2.75) is 0 Å². The zero-order valence-electron chi connectivity index (χ0n) is 5.75. The van der Waals surface area contributed by atoms with Gasteiger partial charge in [0.2, 0.25) is 0 Å². The van der Waals surface area contributed by atoms with E-state index in [9.17, 15) is 0 Å². The summed E-state index contributed by atoms with van der Waals surface area (Å²) < 4.78 is 0. The van der Waals surface area contributed by atoms with E-state index < -0.39 is 22.5 Å². The Hall–Kier alpha value is -0.333. The van der Waals surface area contributed by atoms with E-state index in [0.717, 1.165) is 0 Å². The second kappa shape index (κ2) is 3.38. The van der Waals surface area contributed by atoms with Gasteiger partial charge in [-0.15, -0.1) is 0 Å². The summed E-state index contributed by atoms with van der Waals surface area (Å²) in [6, 6.07) is 0. The van der Waals surface area contributed by atoms with Crippen molar-refractivity contribution in [2.24, 2.45) is 0 Å². The average Bonchev–Trinajstić information content (AvgIpc) is 2.32. The van der Waals surface area contributed by atoms with Crippen molar-refractivity contribution < 1.29 is 20.1 Å². The molecular formula is C4H8B2O4Si. The van der Waals surface area contributed by atoms with Crippen molar-refractivity contribution in [2.75, 3.05) is 0 Å². The lowest BCUT2D eigenvalue weighted by atomic mass is 9.91. The van der Waals surface area contributed by atoms with Crippen LogP contribution in [0.1, 0.15) is 0 Å². The van der Waals surface area contributed by atoms with Gasteiger partial charge in [0.15, 0.2) is 0 Å². The second-order valence-corrected chi connectivity index (χ2v) is 5.06. The Morgan fingerprint density at radius 2 is 1.82 bits per heavy atom. The molecule has 0 amide bonds. The van der Waals surface area contributed by atoms with Gasteiger partial charge in [-0.05, 0) is 0 Å². The molecule has 7 heteroatoms. The predicted molar refractivity (Wildman–Crippen MR) is 44.8 cm³/mol. The molecule has 0 bridgehead atoms. The third-order valence-electron chi connectivity index (χ3n) is 1.61. The maximum atomic E-state index is 8.77. The zero-order valence-corrected chi connectivity index (χ0v) is 6.91. The van der Waals surface area contributed by atoms with Gasteiger partial charge in [-0.3, -0.25) is 0 Å². The monoisotopic (exact) mass is 170 g/mol. The molecular weight excluding hydrogens is 162 g/mol. The number of rotatable bonds is 2. The molecule has 0 radical (unpaired) electrons. The molecule has 1 unspecified atom stereocenters. The third-order valence-corrected chi connectivity index (χ3v) is 4.15. The fourth-order valence-corrected chi connectivity index (χ4v) is 2.83.